The second-order valence-electron chi connectivity index (χ2n) is 4.25. The summed E-state index contributed by atoms with van der Waals surface area (Å²) in [7, 11) is 0. The normalized spacial score (nSPS) is 12.3. The third kappa shape index (κ3) is 3.40. The van der Waals surface area contributed by atoms with E-state index in [1.165, 1.54) is 12.1 Å². The lowest BCUT2D eigenvalue weighted by Gasteiger charge is -2.19. The molecule has 6 heteroatoms. The third-order valence-electron chi connectivity index (χ3n) is 2.83. The van der Waals surface area contributed by atoms with Crippen LogP contribution in [-0.2, 0) is 0 Å². The fraction of sp³-hybridized carbons (Fsp3) is 0.143. The van der Waals surface area contributed by atoms with E-state index in [9.17, 15) is 4.39 Å². The predicted octanol–water partition coefficient (Wildman–Crippen LogP) is 6.72. The SMILES string of the molecule is CC(Nc1ccc(F)cc1Br)c1ccc(Cl)c(Cl)c1Cl. The van der Waals surface area contributed by atoms with E-state index in [1.807, 2.05) is 13.0 Å². The van der Waals surface area contributed by atoms with E-state index in [1.54, 1.807) is 12.1 Å². The Morgan fingerprint density at radius 2 is 1.80 bits per heavy atom. The van der Waals surface area contributed by atoms with Crippen molar-refractivity contribution in [2.75, 3.05) is 5.32 Å². The first-order valence-electron chi connectivity index (χ1n) is 5.75. The number of nitrogens with one attached hydrogen (secondary N) is 1. The summed E-state index contributed by atoms with van der Waals surface area (Å²) in [5.74, 6) is -0.303. The minimum Gasteiger partial charge on any atom is -0.378 e. The van der Waals surface area contributed by atoms with Crippen LogP contribution in [0.5, 0.6) is 0 Å². The molecule has 2 aromatic rings. The monoisotopic (exact) mass is 395 g/mol. The highest BCUT2D eigenvalue weighted by atomic mass is 79.9. The van der Waals surface area contributed by atoms with Crippen LogP contribution in [0.4, 0.5) is 10.1 Å². The van der Waals surface area contributed by atoms with Gasteiger partial charge in [0.1, 0.15) is 5.82 Å². The van der Waals surface area contributed by atoms with Gasteiger partial charge in [0.05, 0.1) is 21.1 Å². The summed E-state index contributed by atoms with van der Waals surface area (Å²) in [6.45, 7) is 1.93. The van der Waals surface area contributed by atoms with Gasteiger partial charge < -0.3 is 5.32 Å². The Labute approximate surface area is 140 Å². The van der Waals surface area contributed by atoms with Gasteiger partial charge in [0.15, 0.2) is 0 Å². The number of benzene rings is 2. The predicted molar refractivity (Wildman–Crippen MR) is 87.6 cm³/mol. The van der Waals surface area contributed by atoms with Crippen molar-refractivity contribution in [1.82, 2.24) is 0 Å². The van der Waals surface area contributed by atoms with Crippen molar-refractivity contribution < 1.29 is 4.39 Å². The Bertz CT molecular complexity index is 649. The van der Waals surface area contributed by atoms with E-state index in [0.717, 1.165) is 11.3 Å². The maximum Gasteiger partial charge on any atom is 0.124 e. The van der Waals surface area contributed by atoms with Gasteiger partial charge >= 0.3 is 0 Å². The lowest BCUT2D eigenvalue weighted by atomic mass is 10.1. The topological polar surface area (TPSA) is 12.0 Å². The van der Waals surface area contributed by atoms with Crippen LogP contribution in [0.15, 0.2) is 34.8 Å². The number of hydrogen-bond donors (Lipinski definition) is 1. The highest BCUT2D eigenvalue weighted by Gasteiger charge is 2.15. The van der Waals surface area contributed by atoms with Crippen LogP contribution in [-0.4, -0.2) is 0 Å². The van der Waals surface area contributed by atoms with Gasteiger partial charge in [-0.05, 0) is 52.7 Å². The van der Waals surface area contributed by atoms with Gasteiger partial charge in [-0.15, -0.1) is 0 Å². The van der Waals surface area contributed by atoms with Gasteiger partial charge in [-0.25, -0.2) is 4.39 Å². The summed E-state index contributed by atoms with van der Waals surface area (Å²) in [6, 6.07) is 7.83. The molecule has 0 radical (unpaired) electrons. The zero-order chi connectivity index (χ0) is 14.9. The Hall–Kier alpha value is -0.480. The van der Waals surface area contributed by atoms with Gasteiger partial charge in [0.25, 0.3) is 0 Å². The quantitative estimate of drug-likeness (QED) is 0.567. The van der Waals surface area contributed by atoms with Crippen LogP contribution < -0.4 is 5.32 Å². The van der Waals surface area contributed by atoms with Gasteiger partial charge in [0, 0.05) is 10.2 Å². The first-order chi connectivity index (χ1) is 9.40. The summed E-state index contributed by atoms with van der Waals surface area (Å²) < 4.78 is 13.7. The molecule has 0 aliphatic carbocycles. The Morgan fingerprint density at radius 1 is 1.10 bits per heavy atom. The number of hydrogen-bond acceptors (Lipinski definition) is 1. The highest BCUT2D eigenvalue weighted by molar-refractivity contribution is 9.10. The zero-order valence-electron chi connectivity index (χ0n) is 10.4. The fourth-order valence-corrected chi connectivity index (χ4v) is 2.96. The number of halogens is 5. The summed E-state index contributed by atoms with van der Waals surface area (Å²) in [5.41, 5.74) is 1.58. The molecule has 1 atom stereocenters. The molecule has 0 bridgehead atoms. The Kier molecular flexibility index (Phi) is 5.19. The van der Waals surface area contributed by atoms with E-state index in [2.05, 4.69) is 21.2 Å². The second kappa shape index (κ2) is 6.52. The summed E-state index contributed by atoms with van der Waals surface area (Å²) in [6.07, 6.45) is 0. The Morgan fingerprint density at radius 3 is 2.45 bits per heavy atom. The molecule has 106 valence electrons. The highest BCUT2D eigenvalue weighted by Crippen LogP contribution is 2.37. The van der Waals surface area contributed by atoms with Crippen molar-refractivity contribution in [2.24, 2.45) is 0 Å². The van der Waals surface area contributed by atoms with Crippen LogP contribution >= 0.6 is 50.7 Å². The standard InChI is InChI=1S/C14H10BrCl3FN/c1-7(9-3-4-11(16)14(18)13(9)17)20-12-5-2-8(19)6-10(12)15/h2-7,20H,1H3. The Balaban J connectivity index is 2.28. The smallest absolute Gasteiger partial charge is 0.124 e. The molecule has 0 aromatic heterocycles. The maximum absolute atomic E-state index is 13.1. The minimum atomic E-state index is -0.303. The molecule has 0 spiro atoms. The average molecular weight is 398 g/mol. The average Bonchev–Trinajstić information content (AvgIpc) is 2.39. The van der Waals surface area contributed by atoms with Crippen molar-refractivity contribution >= 4 is 56.4 Å². The first-order valence-corrected chi connectivity index (χ1v) is 7.68. The van der Waals surface area contributed by atoms with E-state index >= 15 is 0 Å². The summed E-state index contributed by atoms with van der Waals surface area (Å²) >= 11 is 21.4. The van der Waals surface area contributed by atoms with Gasteiger partial charge in [-0.3, -0.25) is 0 Å². The minimum absolute atomic E-state index is 0.112. The molecule has 1 N–H and O–H groups in total. The van der Waals surface area contributed by atoms with Crippen molar-refractivity contribution in [3.05, 3.63) is 61.3 Å². The van der Waals surface area contributed by atoms with Crippen LogP contribution in [0, 0.1) is 5.82 Å². The molecule has 2 aromatic carbocycles. The molecule has 1 nitrogen and oxygen atoms in total. The molecule has 20 heavy (non-hydrogen) atoms. The van der Waals surface area contributed by atoms with Gasteiger partial charge in [-0.2, -0.15) is 0 Å². The summed E-state index contributed by atoms with van der Waals surface area (Å²) in [4.78, 5) is 0. The molecule has 0 saturated carbocycles. The largest absolute Gasteiger partial charge is 0.378 e. The van der Waals surface area contributed by atoms with Crippen LogP contribution in [0.25, 0.3) is 0 Å². The molecule has 0 saturated heterocycles. The number of anilines is 1. The molecule has 0 fully saturated rings. The molecule has 0 amide bonds. The first kappa shape index (κ1) is 15.9. The summed E-state index contributed by atoms with van der Waals surface area (Å²) in [5, 5.41) is 4.40. The third-order valence-corrected chi connectivity index (χ3v) is 4.80. The molecule has 2 rings (SSSR count). The molecule has 0 aliphatic heterocycles. The van der Waals surface area contributed by atoms with Crippen LogP contribution in [0.1, 0.15) is 18.5 Å². The van der Waals surface area contributed by atoms with Gasteiger partial charge in [-0.1, -0.05) is 40.9 Å². The van der Waals surface area contributed by atoms with E-state index in [-0.39, 0.29) is 11.9 Å². The maximum atomic E-state index is 13.1. The molecule has 0 aliphatic rings. The van der Waals surface area contributed by atoms with Crippen LogP contribution in [0.2, 0.25) is 15.1 Å². The second-order valence-corrected chi connectivity index (χ2v) is 6.27. The van der Waals surface area contributed by atoms with Gasteiger partial charge in [0.2, 0.25) is 0 Å². The lowest BCUT2D eigenvalue weighted by molar-refractivity contribution is 0.627. The van der Waals surface area contributed by atoms with E-state index in [4.69, 9.17) is 34.8 Å². The molecule has 1 unspecified atom stereocenters. The molecule has 0 heterocycles. The van der Waals surface area contributed by atoms with E-state index < -0.39 is 0 Å². The fourth-order valence-electron chi connectivity index (χ4n) is 1.79. The molecular formula is C14H10BrCl3FN. The zero-order valence-corrected chi connectivity index (χ0v) is 14.2. The van der Waals surface area contributed by atoms with Crippen molar-refractivity contribution in [3.8, 4) is 0 Å². The van der Waals surface area contributed by atoms with Crippen molar-refractivity contribution in [2.45, 2.75) is 13.0 Å². The lowest BCUT2D eigenvalue weighted by Crippen LogP contribution is -2.08. The van der Waals surface area contributed by atoms with Crippen molar-refractivity contribution in [1.29, 1.82) is 0 Å². The molecular weight excluding hydrogens is 387 g/mol. The van der Waals surface area contributed by atoms with Crippen LogP contribution in [0.3, 0.4) is 0 Å². The number of rotatable bonds is 3. The van der Waals surface area contributed by atoms with E-state index in [0.29, 0.717) is 19.5 Å². The van der Waals surface area contributed by atoms with Crippen molar-refractivity contribution in [3.63, 3.8) is 0 Å².